The highest BCUT2D eigenvalue weighted by Crippen LogP contribution is 2.00. The summed E-state index contributed by atoms with van der Waals surface area (Å²) in [6.45, 7) is 7.21. The zero-order chi connectivity index (χ0) is 7.40. The molecule has 1 aliphatic heterocycles. The van der Waals surface area contributed by atoms with Crippen LogP contribution in [0.4, 0.5) is 0 Å². The quantitative estimate of drug-likeness (QED) is 0.518. The third-order valence-corrected chi connectivity index (χ3v) is 3.91. The number of hydrogen-bond acceptors (Lipinski definition) is 2. The Balaban J connectivity index is 2.24. The van der Waals surface area contributed by atoms with Gasteiger partial charge in [0.15, 0.2) is 0 Å². The fourth-order valence-corrected chi connectivity index (χ4v) is 1.90. The number of piperazine rings is 1. The van der Waals surface area contributed by atoms with Gasteiger partial charge in [0.25, 0.3) is 0 Å². The molecule has 1 aliphatic rings. The fraction of sp³-hybridized carbons (Fsp3) is 1.00. The van der Waals surface area contributed by atoms with E-state index in [1.807, 2.05) is 0 Å². The summed E-state index contributed by atoms with van der Waals surface area (Å²) in [7, 11) is 1.33. The zero-order valence-corrected chi connectivity index (χ0v) is 9.06. The molecule has 3 heteroatoms. The number of rotatable bonds is 2. The highest BCUT2D eigenvalue weighted by molar-refractivity contribution is 6.11. The summed E-state index contributed by atoms with van der Waals surface area (Å²) in [6, 6.07) is 0. The number of hydrogen-bond donors (Lipinski definition) is 1. The van der Waals surface area contributed by atoms with Crippen LogP contribution in [0, 0.1) is 0 Å². The topological polar surface area (TPSA) is 15.3 Å². The Labute approximate surface area is 66.4 Å². The van der Waals surface area contributed by atoms with E-state index in [4.69, 9.17) is 0 Å². The molecular weight excluding hydrogens is 140 g/mol. The molecule has 0 spiro atoms. The Morgan fingerprint density at radius 1 is 1.50 bits per heavy atom. The third-order valence-electron chi connectivity index (χ3n) is 2.37. The molecule has 0 amide bonds. The molecule has 1 fully saturated rings. The molecule has 60 valence electrons. The molecule has 0 saturated carbocycles. The van der Waals surface area contributed by atoms with E-state index in [2.05, 4.69) is 17.1 Å². The van der Waals surface area contributed by atoms with E-state index in [1.54, 1.807) is 0 Å². The Morgan fingerprint density at radius 2 is 2.10 bits per heavy atom. The van der Waals surface area contributed by atoms with Crippen molar-refractivity contribution in [1.29, 1.82) is 0 Å². The summed E-state index contributed by atoms with van der Waals surface area (Å²) in [4.78, 5) is 2.61. The van der Waals surface area contributed by atoms with Gasteiger partial charge in [0, 0.05) is 36.4 Å². The van der Waals surface area contributed by atoms with E-state index >= 15 is 0 Å². The van der Waals surface area contributed by atoms with Crippen molar-refractivity contribution in [2.75, 3.05) is 26.2 Å². The van der Waals surface area contributed by atoms with Gasteiger partial charge in [0.05, 0.1) is 0 Å². The molecule has 1 unspecified atom stereocenters. The van der Waals surface area contributed by atoms with E-state index in [1.165, 1.54) is 42.8 Å². The maximum absolute atomic E-state index is 3.37. The maximum atomic E-state index is 3.37. The molecule has 0 aliphatic carbocycles. The van der Waals surface area contributed by atoms with Crippen molar-refractivity contribution in [3.63, 3.8) is 0 Å². The molecule has 0 bridgehead atoms. The van der Waals surface area contributed by atoms with Crippen LogP contribution in [-0.2, 0) is 0 Å². The minimum Gasteiger partial charge on any atom is -0.314 e. The second-order valence-electron chi connectivity index (χ2n) is 3.04. The average Bonchev–Trinajstić information content (AvgIpc) is 2.05. The smallest absolute Gasteiger partial charge is 0.0244 e. The summed E-state index contributed by atoms with van der Waals surface area (Å²) in [5.41, 5.74) is 0.919. The van der Waals surface area contributed by atoms with Crippen molar-refractivity contribution in [1.82, 2.24) is 10.2 Å². The van der Waals surface area contributed by atoms with Gasteiger partial charge >= 0.3 is 0 Å². The van der Waals surface area contributed by atoms with E-state index in [0.29, 0.717) is 0 Å². The van der Waals surface area contributed by atoms with Crippen LogP contribution >= 0.6 is 0 Å². The molecular formula is C7H18N2Si. The molecule has 0 aromatic carbocycles. The standard InChI is InChI=1S/C7H18N2Si/c1-2-7(10)9-5-3-8-4-6-9/h7-8H,2-6H2,1,10H3. The fourth-order valence-electron chi connectivity index (χ4n) is 1.38. The largest absolute Gasteiger partial charge is 0.314 e. The monoisotopic (exact) mass is 158 g/mol. The minimum absolute atomic E-state index is 0.919. The normalized spacial score (nSPS) is 24.9. The van der Waals surface area contributed by atoms with Gasteiger partial charge in [0.2, 0.25) is 0 Å². The van der Waals surface area contributed by atoms with Gasteiger partial charge in [-0.3, -0.25) is 0 Å². The Kier molecular flexibility index (Phi) is 3.38. The van der Waals surface area contributed by atoms with E-state index < -0.39 is 0 Å². The Bertz CT molecular complexity index is 91.6. The van der Waals surface area contributed by atoms with Crippen molar-refractivity contribution < 1.29 is 0 Å². The van der Waals surface area contributed by atoms with Crippen LogP contribution in [0.1, 0.15) is 13.3 Å². The van der Waals surface area contributed by atoms with Gasteiger partial charge in [-0.05, 0) is 12.1 Å². The highest BCUT2D eigenvalue weighted by Gasteiger charge is 2.13. The Morgan fingerprint density at radius 3 is 2.60 bits per heavy atom. The van der Waals surface area contributed by atoms with Crippen molar-refractivity contribution in [3.05, 3.63) is 0 Å². The number of nitrogens with zero attached hydrogens (tertiary/aromatic N) is 1. The summed E-state index contributed by atoms with van der Waals surface area (Å²) in [6.07, 6.45) is 1.34. The van der Waals surface area contributed by atoms with Crippen LogP contribution in [0.3, 0.4) is 0 Å². The first-order valence-electron chi connectivity index (χ1n) is 4.29. The van der Waals surface area contributed by atoms with Crippen molar-refractivity contribution in [2.45, 2.75) is 19.0 Å². The highest BCUT2D eigenvalue weighted by atomic mass is 28.1. The molecule has 2 nitrogen and oxygen atoms in total. The van der Waals surface area contributed by atoms with Gasteiger partial charge < -0.3 is 10.2 Å². The first-order chi connectivity index (χ1) is 4.84. The van der Waals surface area contributed by atoms with Crippen LogP contribution in [0.2, 0.25) is 0 Å². The van der Waals surface area contributed by atoms with Crippen LogP contribution in [0.15, 0.2) is 0 Å². The summed E-state index contributed by atoms with van der Waals surface area (Å²) >= 11 is 0. The van der Waals surface area contributed by atoms with Gasteiger partial charge in [-0.1, -0.05) is 6.92 Å². The molecule has 1 heterocycles. The lowest BCUT2D eigenvalue weighted by atomic mass is 10.3. The lowest BCUT2D eigenvalue weighted by molar-refractivity contribution is 0.217. The molecule has 1 rings (SSSR count). The second-order valence-corrected chi connectivity index (χ2v) is 4.38. The molecule has 0 aromatic heterocycles. The van der Waals surface area contributed by atoms with Crippen molar-refractivity contribution in [3.8, 4) is 0 Å². The molecule has 1 saturated heterocycles. The second kappa shape index (κ2) is 4.11. The molecule has 0 aromatic rings. The zero-order valence-electron chi connectivity index (χ0n) is 7.06. The maximum Gasteiger partial charge on any atom is 0.0244 e. The van der Waals surface area contributed by atoms with Gasteiger partial charge in [-0.15, -0.1) is 0 Å². The predicted molar refractivity (Wildman–Crippen MR) is 48.5 cm³/mol. The van der Waals surface area contributed by atoms with E-state index in [-0.39, 0.29) is 0 Å². The van der Waals surface area contributed by atoms with Gasteiger partial charge in [-0.2, -0.15) is 0 Å². The minimum atomic E-state index is 0.919. The lowest BCUT2D eigenvalue weighted by Gasteiger charge is -2.32. The van der Waals surface area contributed by atoms with Crippen molar-refractivity contribution >= 4 is 10.2 Å². The van der Waals surface area contributed by atoms with Crippen LogP contribution < -0.4 is 5.32 Å². The van der Waals surface area contributed by atoms with Crippen LogP contribution in [-0.4, -0.2) is 47.0 Å². The Hall–Kier alpha value is 0.137. The third kappa shape index (κ3) is 2.07. The average molecular weight is 158 g/mol. The van der Waals surface area contributed by atoms with Crippen molar-refractivity contribution in [2.24, 2.45) is 0 Å². The summed E-state index contributed by atoms with van der Waals surface area (Å²) < 4.78 is 0. The molecule has 0 radical (unpaired) electrons. The van der Waals surface area contributed by atoms with Crippen LogP contribution in [0.25, 0.3) is 0 Å². The molecule has 10 heavy (non-hydrogen) atoms. The van der Waals surface area contributed by atoms with Gasteiger partial charge in [0.1, 0.15) is 0 Å². The van der Waals surface area contributed by atoms with E-state index in [0.717, 1.165) is 5.67 Å². The number of nitrogens with one attached hydrogen (secondary N) is 1. The first-order valence-corrected chi connectivity index (χ1v) is 5.45. The predicted octanol–water partition coefficient (Wildman–Crippen LogP) is -1.01. The van der Waals surface area contributed by atoms with Gasteiger partial charge in [-0.25, -0.2) is 0 Å². The summed E-state index contributed by atoms with van der Waals surface area (Å²) in [5.74, 6) is 0. The SMILES string of the molecule is CCC([SiH3])N1CCNCC1. The molecule has 1 N–H and O–H groups in total. The molecule has 1 atom stereocenters. The van der Waals surface area contributed by atoms with E-state index in [9.17, 15) is 0 Å². The van der Waals surface area contributed by atoms with Crippen LogP contribution in [0.5, 0.6) is 0 Å². The summed E-state index contributed by atoms with van der Waals surface area (Å²) in [5, 5.41) is 3.37. The lowest BCUT2D eigenvalue weighted by Crippen LogP contribution is -2.48. The first kappa shape index (κ1) is 8.24.